The number of imidazole rings is 1. The molecule has 0 atom stereocenters. The predicted molar refractivity (Wildman–Crippen MR) is 89.7 cm³/mol. The molecule has 2 heterocycles. The molecule has 1 aliphatic heterocycles. The number of fused-ring (bicyclic) bond motifs is 1. The molecule has 2 aliphatic rings. The standard InChI is InChI=1S/C19H24FN3O/c20-17-6-4-15(5-7-17)10-22-8-1-9-23-14-21-18(19(23)11-22)13-24-12-16-2-3-16/h4-7,14,16H,1-3,8-13H2. The quantitative estimate of drug-likeness (QED) is 0.814. The minimum absolute atomic E-state index is 0.178. The van der Waals surface area contributed by atoms with Gasteiger partial charge in [-0.25, -0.2) is 9.37 Å². The normalized spacial score (nSPS) is 18.4. The van der Waals surface area contributed by atoms with Gasteiger partial charge in [-0.05, 0) is 42.9 Å². The first-order valence-electron chi connectivity index (χ1n) is 8.85. The molecule has 1 aromatic carbocycles. The first kappa shape index (κ1) is 15.8. The van der Waals surface area contributed by atoms with Crippen molar-refractivity contribution < 1.29 is 9.13 Å². The van der Waals surface area contributed by atoms with Crippen LogP contribution in [0.1, 0.15) is 36.2 Å². The fourth-order valence-electron chi connectivity index (χ4n) is 3.29. The lowest BCUT2D eigenvalue weighted by atomic mass is 10.2. The van der Waals surface area contributed by atoms with Crippen molar-refractivity contribution in [1.82, 2.24) is 14.5 Å². The third-order valence-corrected chi connectivity index (χ3v) is 4.89. The Labute approximate surface area is 142 Å². The summed E-state index contributed by atoms with van der Waals surface area (Å²) in [5.74, 6) is 0.601. The summed E-state index contributed by atoms with van der Waals surface area (Å²) < 4.78 is 21.2. The van der Waals surface area contributed by atoms with Crippen molar-refractivity contribution in [3.05, 3.63) is 53.4 Å². The number of aryl methyl sites for hydroxylation is 1. The Balaban J connectivity index is 1.42. The van der Waals surface area contributed by atoms with Crippen LogP contribution in [0.25, 0.3) is 0 Å². The summed E-state index contributed by atoms with van der Waals surface area (Å²) in [5, 5.41) is 0. The molecule has 5 heteroatoms. The van der Waals surface area contributed by atoms with Gasteiger partial charge >= 0.3 is 0 Å². The number of hydrogen-bond donors (Lipinski definition) is 0. The second kappa shape index (κ2) is 7.03. The Kier molecular flexibility index (Phi) is 4.63. The Hall–Kier alpha value is -1.72. The van der Waals surface area contributed by atoms with Crippen molar-refractivity contribution in [3.8, 4) is 0 Å². The van der Waals surface area contributed by atoms with E-state index in [4.69, 9.17) is 4.74 Å². The van der Waals surface area contributed by atoms with Gasteiger partial charge in [0.05, 0.1) is 24.3 Å². The molecule has 0 radical (unpaired) electrons. The average molecular weight is 329 g/mol. The lowest BCUT2D eigenvalue weighted by Gasteiger charge is -2.20. The lowest BCUT2D eigenvalue weighted by Crippen LogP contribution is -2.23. The molecule has 4 nitrogen and oxygen atoms in total. The maximum atomic E-state index is 13.1. The van der Waals surface area contributed by atoms with Crippen LogP contribution in [-0.2, 0) is 31.0 Å². The van der Waals surface area contributed by atoms with Gasteiger partial charge in [-0.2, -0.15) is 0 Å². The number of aromatic nitrogens is 2. The molecule has 4 rings (SSSR count). The molecule has 0 amide bonds. The van der Waals surface area contributed by atoms with Crippen LogP contribution in [0.5, 0.6) is 0 Å². The van der Waals surface area contributed by atoms with Crippen LogP contribution in [-0.4, -0.2) is 27.6 Å². The zero-order valence-electron chi connectivity index (χ0n) is 14.0. The van der Waals surface area contributed by atoms with E-state index in [-0.39, 0.29) is 5.82 Å². The number of ether oxygens (including phenoxy) is 1. The van der Waals surface area contributed by atoms with Gasteiger partial charge in [0.25, 0.3) is 0 Å². The third kappa shape index (κ3) is 3.84. The van der Waals surface area contributed by atoms with Crippen LogP contribution in [0.3, 0.4) is 0 Å². The molecule has 2 aromatic rings. The minimum atomic E-state index is -0.178. The molecular weight excluding hydrogens is 305 g/mol. The fourth-order valence-corrected chi connectivity index (χ4v) is 3.29. The molecule has 1 aromatic heterocycles. The van der Waals surface area contributed by atoms with Crippen LogP contribution in [0, 0.1) is 11.7 Å². The van der Waals surface area contributed by atoms with Crippen molar-refractivity contribution in [2.45, 2.75) is 45.5 Å². The number of halogens is 1. The van der Waals surface area contributed by atoms with Crippen molar-refractivity contribution in [2.24, 2.45) is 5.92 Å². The minimum Gasteiger partial charge on any atom is -0.375 e. The Morgan fingerprint density at radius 3 is 2.79 bits per heavy atom. The van der Waals surface area contributed by atoms with E-state index in [0.717, 1.165) is 56.4 Å². The van der Waals surface area contributed by atoms with Gasteiger partial charge in [-0.1, -0.05) is 12.1 Å². The van der Waals surface area contributed by atoms with Crippen LogP contribution in [0.2, 0.25) is 0 Å². The summed E-state index contributed by atoms with van der Waals surface area (Å²) in [6.45, 7) is 5.24. The molecule has 0 saturated heterocycles. The number of rotatable bonds is 6. The van der Waals surface area contributed by atoms with Crippen LogP contribution in [0.15, 0.2) is 30.6 Å². The summed E-state index contributed by atoms with van der Waals surface area (Å²) in [6, 6.07) is 6.82. The molecule has 1 aliphatic carbocycles. The average Bonchev–Trinajstić information content (AvgIpc) is 3.36. The zero-order chi connectivity index (χ0) is 16.4. The topological polar surface area (TPSA) is 30.3 Å². The fraction of sp³-hybridized carbons (Fsp3) is 0.526. The van der Waals surface area contributed by atoms with E-state index in [2.05, 4.69) is 14.5 Å². The van der Waals surface area contributed by atoms with Crippen LogP contribution in [0.4, 0.5) is 4.39 Å². The summed E-state index contributed by atoms with van der Waals surface area (Å²) >= 11 is 0. The zero-order valence-corrected chi connectivity index (χ0v) is 14.0. The molecule has 24 heavy (non-hydrogen) atoms. The van der Waals surface area contributed by atoms with Gasteiger partial charge in [-0.15, -0.1) is 0 Å². The van der Waals surface area contributed by atoms with Crippen molar-refractivity contribution in [2.75, 3.05) is 13.2 Å². The highest BCUT2D eigenvalue weighted by molar-refractivity contribution is 5.17. The van der Waals surface area contributed by atoms with E-state index < -0.39 is 0 Å². The van der Waals surface area contributed by atoms with Gasteiger partial charge in [0.15, 0.2) is 0 Å². The van der Waals surface area contributed by atoms with E-state index in [0.29, 0.717) is 6.61 Å². The number of hydrogen-bond acceptors (Lipinski definition) is 3. The maximum absolute atomic E-state index is 13.1. The molecule has 128 valence electrons. The first-order chi connectivity index (χ1) is 11.8. The number of benzene rings is 1. The predicted octanol–water partition coefficient (Wildman–Crippen LogP) is 3.35. The third-order valence-electron chi connectivity index (χ3n) is 4.89. The van der Waals surface area contributed by atoms with Gasteiger partial charge in [-0.3, -0.25) is 4.90 Å². The van der Waals surface area contributed by atoms with E-state index in [1.807, 2.05) is 18.5 Å². The SMILES string of the molecule is Fc1ccc(CN2CCCn3cnc(COCC4CC4)c3C2)cc1. The van der Waals surface area contributed by atoms with Gasteiger partial charge < -0.3 is 9.30 Å². The van der Waals surface area contributed by atoms with Gasteiger partial charge in [0, 0.05) is 32.8 Å². The Morgan fingerprint density at radius 1 is 1.17 bits per heavy atom. The maximum Gasteiger partial charge on any atom is 0.123 e. The monoisotopic (exact) mass is 329 g/mol. The van der Waals surface area contributed by atoms with E-state index >= 15 is 0 Å². The Morgan fingerprint density at radius 2 is 2.00 bits per heavy atom. The van der Waals surface area contributed by atoms with Crippen LogP contribution >= 0.6 is 0 Å². The summed E-state index contributed by atoms with van der Waals surface area (Å²) in [6.07, 6.45) is 5.68. The summed E-state index contributed by atoms with van der Waals surface area (Å²) in [7, 11) is 0. The van der Waals surface area contributed by atoms with Crippen molar-refractivity contribution in [3.63, 3.8) is 0 Å². The highest BCUT2D eigenvalue weighted by Gasteiger charge is 2.23. The molecule has 0 N–H and O–H groups in total. The van der Waals surface area contributed by atoms with E-state index in [1.54, 1.807) is 0 Å². The Bertz CT molecular complexity index is 678. The van der Waals surface area contributed by atoms with Crippen LogP contribution < -0.4 is 0 Å². The smallest absolute Gasteiger partial charge is 0.123 e. The van der Waals surface area contributed by atoms with E-state index in [9.17, 15) is 4.39 Å². The second-order valence-corrected chi connectivity index (χ2v) is 6.98. The highest BCUT2D eigenvalue weighted by Crippen LogP contribution is 2.29. The van der Waals surface area contributed by atoms with Crippen molar-refractivity contribution in [1.29, 1.82) is 0 Å². The molecule has 1 fully saturated rings. The molecule has 0 spiro atoms. The first-order valence-corrected chi connectivity index (χ1v) is 8.85. The van der Waals surface area contributed by atoms with Gasteiger partial charge in [0.1, 0.15) is 5.82 Å². The summed E-state index contributed by atoms with van der Waals surface area (Å²) in [4.78, 5) is 6.99. The highest BCUT2D eigenvalue weighted by atomic mass is 19.1. The lowest BCUT2D eigenvalue weighted by molar-refractivity contribution is 0.107. The molecule has 1 saturated carbocycles. The summed E-state index contributed by atoms with van der Waals surface area (Å²) in [5.41, 5.74) is 3.49. The number of nitrogens with zero attached hydrogens (tertiary/aromatic N) is 3. The largest absolute Gasteiger partial charge is 0.375 e. The molecule has 0 bridgehead atoms. The van der Waals surface area contributed by atoms with Gasteiger partial charge in [0.2, 0.25) is 0 Å². The molecular formula is C19H24FN3O. The van der Waals surface area contributed by atoms with Crippen molar-refractivity contribution >= 4 is 0 Å². The molecule has 0 unspecified atom stereocenters. The second-order valence-electron chi connectivity index (χ2n) is 6.98. The van der Waals surface area contributed by atoms with E-state index in [1.165, 1.54) is 30.7 Å².